The Hall–Kier alpha value is -1.88. The molecular formula is C14H17N3OS. The molecule has 1 amide bonds. The maximum absolute atomic E-state index is 11.3. The topological polar surface area (TPSA) is 54.0 Å². The molecular weight excluding hydrogens is 258 g/mol. The molecule has 2 N–H and O–H groups in total. The summed E-state index contributed by atoms with van der Waals surface area (Å²) < 4.78 is 0. The minimum Gasteiger partial charge on any atom is -0.378 e. The van der Waals surface area contributed by atoms with E-state index in [1.54, 1.807) is 18.4 Å². The number of rotatable bonds is 5. The summed E-state index contributed by atoms with van der Waals surface area (Å²) in [6, 6.07) is 8.16. The summed E-state index contributed by atoms with van der Waals surface area (Å²) in [5.41, 5.74) is 3.89. The molecule has 1 unspecified atom stereocenters. The number of aromatic nitrogens is 1. The van der Waals surface area contributed by atoms with Crippen LogP contribution in [0.15, 0.2) is 36.0 Å². The Bertz CT molecular complexity index is 522. The molecule has 0 saturated heterocycles. The maximum atomic E-state index is 11.3. The number of nitrogens with one attached hydrogen (secondary N) is 2. The third-order valence-corrected chi connectivity index (χ3v) is 3.82. The highest BCUT2D eigenvalue weighted by Crippen LogP contribution is 2.22. The van der Waals surface area contributed by atoms with Crippen molar-refractivity contribution in [2.75, 3.05) is 12.4 Å². The lowest BCUT2D eigenvalue weighted by Crippen LogP contribution is -2.19. The monoisotopic (exact) mass is 275 g/mol. The fraction of sp³-hybridized carbons (Fsp3) is 0.286. The minimum absolute atomic E-state index is 0.0266. The molecule has 0 aliphatic carbocycles. The number of likely N-dealkylation sites (N-methyl/N-ethyl adjacent to an activating group) is 1. The lowest BCUT2D eigenvalue weighted by atomic mass is 10.1. The van der Waals surface area contributed by atoms with Crippen LogP contribution in [0.3, 0.4) is 0 Å². The lowest BCUT2D eigenvalue weighted by molar-refractivity contribution is -0.119. The second kappa shape index (κ2) is 6.33. The molecule has 1 atom stereocenters. The van der Waals surface area contributed by atoms with Crippen LogP contribution in [0, 0.1) is 0 Å². The van der Waals surface area contributed by atoms with Crippen molar-refractivity contribution in [1.82, 2.24) is 10.3 Å². The minimum atomic E-state index is 0.0266. The van der Waals surface area contributed by atoms with Crippen LogP contribution in [-0.4, -0.2) is 17.9 Å². The van der Waals surface area contributed by atoms with Crippen LogP contribution in [-0.2, 0) is 11.2 Å². The number of benzene rings is 1. The van der Waals surface area contributed by atoms with Crippen LogP contribution in [0.25, 0.3) is 0 Å². The zero-order chi connectivity index (χ0) is 13.7. The van der Waals surface area contributed by atoms with Gasteiger partial charge in [0.05, 0.1) is 18.0 Å². The van der Waals surface area contributed by atoms with Crippen molar-refractivity contribution in [3.8, 4) is 0 Å². The van der Waals surface area contributed by atoms with Gasteiger partial charge < -0.3 is 10.6 Å². The Morgan fingerprint density at radius 1 is 1.37 bits per heavy atom. The van der Waals surface area contributed by atoms with Crippen molar-refractivity contribution < 1.29 is 4.79 Å². The Labute approximate surface area is 116 Å². The summed E-state index contributed by atoms with van der Waals surface area (Å²) in [6.07, 6.45) is 2.30. The number of amides is 1. The van der Waals surface area contributed by atoms with Gasteiger partial charge in [0, 0.05) is 23.8 Å². The molecule has 4 nitrogen and oxygen atoms in total. The Morgan fingerprint density at radius 3 is 2.68 bits per heavy atom. The molecule has 0 saturated carbocycles. The van der Waals surface area contributed by atoms with Crippen molar-refractivity contribution in [2.45, 2.75) is 19.4 Å². The SMILES string of the molecule is CNC(=O)Cc1ccc(NC(C)c2cncs2)cc1. The molecule has 0 radical (unpaired) electrons. The van der Waals surface area contributed by atoms with E-state index in [-0.39, 0.29) is 11.9 Å². The average Bonchev–Trinajstić information content (AvgIpc) is 2.95. The van der Waals surface area contributed by atoms with E-state index in [0.717, 1.165) is 11.3 Å². The van der Waals surface area contributed by atoms with E-state index < -0.39 is 0 Å². The van der Waals surface area contributed by atoms with Gasteiger partial charge in [0.15, 0.2) is 0 Å². The van der Waals surface area contributed by atoms with Crippen molar-refractivity contribution in [2.24, 2.45) is 0 Å². The summed E-state index contributed by atoms with van der Waals surface area (Å²) in [5, 5.41) is 6.03. The number of anilines is 1. The number of carbonyl (C=O) groups excluding carboxylic acids is 1. The van der Waals surface area contributed by atoms with Crippen LogP contribution in [0.5, 0.6) is 0 Å². The fourth-order valence-electron chi connectivity index (χ4n) is 1.75. The van der Waals surface area contributed by atoms with Gasteiger partial charge in [0.25, 0.3) is 0 Å². The van der Waals surface area contributed by atoms with E-state index in [2.05, 4.69) is 22.5 Å². The molecule has 1 aromatic carbocycles. The van der Waals surface area contributed by atoms with Crippen LogP contribution < -0.4 is 10.6 Å². The molecule has 0 spiro atoms. The van der Waals surface area contributed by atoms with Crippen molar-refractivity contribution in [3.63, 3.8) is 0 Å². The van der Waals surface area contributed by atoms with Crippen LogP contribution in [0.1, 0.15) is 23.4 Å². The zero-order valence-corrected chi connectivity index (χ0v) is 11.8. The van der Waals surface area contributed by atoms with Gasteiger partial charge >= 0.3 is 0 Å². The third kappa shape index (κ3) is 3.79. The number of hydrogen-bond donors (Lipinski definition) is 2. The van der Waals surface area contributed by atoms with E-state index in [9.17, 15) is 4.79 Å². The highest BCUT2D eigenvalue weighted by atomic mass is 32.1. The molecule has 0 bridgehead atoms. The van der Waals surface area contributed by atoms with Gasteiger partial charge in [-0.1, -0.05) is 12.1 Å². The summed E-state index contributed by atoms with van der Waals surface area (Å²) in [7, 11) is 1.65. The van der Waals surface area contributed by atoms with E-state index >= 15 is 0 Å². The summed E-state index contributed by atoms with van der Waals surface area (Å²) >= 11 is 1.64. The van der Waals surface area contributed by atoms with E-state index in [0.29, 0.717) is 6.42 Å². The zero-order valence-electron chi connectivity index (χ0n) is 11.0. The van der Waals surface area contributed by atoms with Gasteiger partial charge in [0.1, 0.15) is 0 Å². The standard InChI is InChI=1S/C14H17N3OS/c1-10(13-8-16-9-19-13)17-12-5-3-11(4-6-12)7-14(18)15-2/h3-6,8-10,17H,7H2,1-2H3,(H,15,18). The largest absolute Gasteiger partial charge is 0.378 e. The number of carbonyl (C=O) groups is 1. The van der Waals surface area contributed by atoms with Crippen molar-refractivity contribution in [1.29, 1.82) is 0 Å². The Morgan fingerprint density at radius 2 is 2.11 bits per heavy atom. The highest BCUT2D eigenvalue weighted by molar-refractivity contribution is 7.09. The van der Waals surface area contributed by atoms with Gasteiger partial charge in [-0.25, -0.2) is 0 Å². The van der Waals surface area contributed by atoms with Gasteiger partial charge in [-0.3, -0.25) is 9.78 Å². The predicted molar refractivity (Wildman–Crippen MR) is 78.4 cm³/mol. The summed E-state index contributed by atoms with van der Waals surface area (Å²) in [4.78, 5) is 16.5. The second-order valence-corrected chi connectivity index (χ2v) is 5.23. The molecule has 0 aliphatic heterocycles. The molecule has 0 aliphatic rings. The van der Waals surface area contributed by atoms with E-state index in [1.807, 2.05) is 36.0 Å². The molecule has 2 rings (SSSR count). The van der Waals surface area contributed by atoms with Crippen LogP contribution in [0.2, 0.25) is 0 Å². The summed E-state index contributed by atoms with van der Waals surface area (Å²) in [5.74, 6) is 0.0266. The Balaban J connectivity index is 1.97. The normalized spacial score (nSPS) is 11.9. The van der Waals surface area contributed by atoms with E-state index in [1.165, 1.54) is 4.88 Å². The molecule has 5 heteroatoms. The highest BCUT2D eigenvalue weighted by Gasteiger charge is 2.07. The maximum Gasteiger partial charge on any atom is 0.224 e. The molecule has 1 aromatic heterocycles. The van der Waals surface area contributed by atoms with Crippen molar-refractivity contribution >= 4 is 22.9 Å². The first-order valence-electron chi connectivity index (χ1n) is 6.13. The quantitative estimate of drug-likeness (QED) is 0.882. The first-order chi connectivity index (χ1) is 9.19. The molecule has 19 heavy (non-hydrogen) atoms. The van der Waals surface area contributed by atoms with Crippen LogP contribution in [0.4, 0.5) is 5.69 Å². The van der Waals surface area contributed by atoms with Crippen molar-refractivity contribution in [3.05, 3.63) is 46.4 Å². The number of thiazole rings is 1. The summed E-state index contributed by atoms with van der Waals surface area (Å²) in [6.45, 7) is 2.10. The van der Waals surface area contributed by atoms with Gasteiger partial charge in [-0.2, -0.15) is 0 Å². The molecule has 2 aromatic rings. The third-order valence-electron chi connectivity index (χ3n) is 2.86. The first kappa shape index (κ1) is 13.5. The molecule has 100 valence electrons. The van der Waals surface area contributed by atoms with Crippen LogP contribution >= 0.6 is 11.3 Å². The van der Waals surface area contributed by atoms with Gasteiger partial charge in [-0.15, -0.1) is 11.3 Å². The molecule has 0 fully saturated rings. The average molecular weight is 275 g/mol. The first-order valence-corrected chi connectivity index (χ1v) is 7.01. The fourth-order valence-corrected chi connectivity index (χ4v) is 2.38. The molecule has 1 heterocycles. The number of hydrogen-bond acceptors (Lipinski definition) is 4. The predicted octanol–water partition coefficient (Wildman–Crippen LogP) is 2.60. The lowest BCUT2D eigenvalue weighted by Gasteiger charge is -2.13. The number of nitrogens with zero attached hydrogens (tertiary/aromatic N) is 1. The smallest absolute Gasteiger partial charge is 0.224 e. The second-order valence-electron chi connectivity index (χ2n) is 4.32. The van der Waals surface area contributed by atoms with E-state index in [4.69, 9.17) is 0 Å². The van der Waals surface area contributed by atoms with Gasteiger partial charge in [-0.05, 0) is 24.6 Å². The Kier molecular flexibility index (Phi) is 4.52. The van der Waals surface area contributed by atoms with Gasteiger partial charge in [0.2, 0.25) is 5.91 Å².